The van der Waals surface area contributed by atoms with Crippen molar-refractivity contribution in [1.82, 2.24) is 14.8 Å². The largest absolute Gasteiger partial charge is 0.447 e. The lowest BCUT2D eigenvalue weighted by atomic mass is 9.95. The Morgan fingerprint density at radius 2 is 2.00 bits per heavy atom. The van der Waals surface area contributed by atoms with E-state index < -0.39 is 0 Å². The number of halogens is 1. The summed E-state index contributed by atoms with van der Waals surface area (Å²) in [5.41, 5.74) is 1.45. The van der Waals surface area contributed by atoms with E-state index in [1.165, 1.54) is 0 Å². The minimum Gasteiger partial charge on any atom is -0.447 e. The van der Waals surface area contributed by atoms with Crippen molar-refractivity contribution in [2.45, 2.75) is 18.9 Å². The van der Waals surface area contributed by atoms with E-state index in [0.29, 0.717) is 42.9 Å². The van der Waals surface area contributed by atoms with Crippen LogP contribution in [-0.4, -0.2) is 72.2 Å². The number of carbonyl (C=O) groups excluding carboxylic acids is 2. The molecule has 4 heterocycles. The highest BCUT2D eigenvalue weighted by Gasteiger charge is 2.40. The first-order chi connectivity index (χ1) is 13.6. The number of amides is 2. The fraction of sp³-hybridized carbons (Fsp3) is 0.526. The predicted molar refractivity (Wildman–Crippen MR) is 102 cm³/mol. The molecule has 2 aromatic rings. The molecular formula is C19H21ClN4O4. The van der Waals surface area contributed by atoms with Crippen LogP contribution in [0.1, 0.15) is 12.8 Å². The Labute approximate surface area is 167 Å². The number of cyclic esters (lactones) is 1. The van der Waals surface area contributed by atoms with Gasteiger partial charge in [-0.05, 0) is 25.0 Å². The molecule has 5 rings (SSSR count). The number of ether oxygens (including phenoxy) is 1. The standard InChI is InChI=1S/C19H21ClN4O4/c20-13-1-2-15-16(9-13)28-18(21-15)22-5-3-12(4-6-22)17(25)23-7-8-24-14(10-23)11-27-19(24)26/h1-2,9,12,14H,3-8,10-11H2. The van der Waals surface area contributed by atoms with Gasteiger partial charge in [0.1, 0.15) is 12.1 Å². The van der Waals surface area contributed by atoms with Gasteiger partial charge in [-0.15, -0.1) is 0 Å². The summed E-state index contributed by atoms with van der Waals surface area (Å²) in [7, 11) is 0. The summed E-state index contributed by atoms with van der Waals surface area (Å²) in [5, 5.41) is 0.619. The number of hydrogen-bond acceptors (Lipinski definition) is 6. The molecule has 0 spiro atoms. The number of oxazole rings is 1. The fourth-order valence-corrected chi connectivity index (χ4v) is 4.45. The Hall–Kier alpha value is -2.48. The zero-order chi connectivity index (χ0) is 19.3. The quantitative estimate of drug-likeness (QED) is 0.764. The van der Waals surface area contributed by atoms with E-state index in [4.69, 9.17) is 20.8 Å². The number of carbonyl (C=O) groups is 2. The minimum absolute atomic E-state index is 0.000328. The number of rotatable bonds is 2. The Morgan fingerprint density at radius 1 is 1.18 bits per heavy atom. The molecule has 3 aliphatic rings. The second-order valence-corrected chi connectivity index (χ2v) is 8.01. The second kappa shape index (κ2) is 6.84. The molecule has 1 aromatic carbocycles. The molecule has 3 fully saturated rings. The van der Waals surface area contributed by atoms with Crippen LogP contribution in [0.25, 0.3) is 11.1 Å². The van der Waals surface area contributed by atoms with Gasteiger partial charge in [0.2, 0.25) is 5.91 Å². The summed E-state index contributed by atoms with van der Waals surface area (Å²) in [6, 6.07) is 5.98. The van der Waals surface area contributed by atoms with E-state index in [0.717, 1.165) is 31.4 Å². The second-order valence-electron chi connectivity index (χ2n) is 7.58. The van der Waals surface area contributed by atoms with Crippen LogP contribution in [-0.2, 0) is 9.53 Å². The molecule has 0 bridgehead atoms. The third kappa shape index (κ3) is 3.05. The lowest BCUT2D eigenvalue weighted by Gasteiger charge is -2.38. The lowest BCUT2D eigenvalue weighted by Crippen LogP contribution is -2.55. The molecule has 2 amide bonds. The Kier molecular flexibility index (Phi) is 4.30. The Balaban J connectivity index is 1.20. The minimum atomic E-state index is -0.259. The van der Waals surface area contributed by atoms with E-state index in [-0.39, 0.29) is 24.0 Å². The summed E-state index contributed by atoms with van der Waals surface area (Å²) in [5.74, 6) is 0.183. The molecule has 3 aliphatic heterocycles. The maximum atomic E-state index is 13.0. The molecule has 9 heteroatoms. The first-order valence-electron chi connectivity index (χ1n) is 9.62. The number of fused-ring (bicyclic) bond motifs is 2. The first kappa shape index (κ1) is 17.6. The van der Waals surface area contributed by atoms with Gasteiger partial charge in [0.05, 0.1) is 6.04 Å². The van der Waals surface area contributed by atoms with Crippen LogP contribution in [0.3, 0.4) is 0 Å². The van der Waals surface area contributed by atoms with Gasteiger partial charge >= 0.3 is 6.09 Å². The number of piperidine rings is 1. The number of anilines is 1. The molecule has 0 aliphatic carbocycles. The van der Waals surface area contributed by atoms with Crippen LogP contribution in [0.5, 0.6) is 0 Å². The SMILES string of the molecule is O=C(C1CCN(c2nc3ccc(Cl)cc3o2)CC1)N1CCN2C(=O)OCC2C1. The van der Waals surface area contributed by atoms with Crippen molar-refractivity contribution in [2.24, 2.45) is 5.92 Å². The van der Waals surface area contributed by atoms with Gasteiger partial charge < -0.3 is 19.0 Å². The number of aromatic nitrogens is 1. The molecular weight excluding hydrogens is 384 g/mol. The smallest absolute Gasteiger partial charge is 0.410 e. The van der Waals surface area contributed by atoms with Crippen LogP contribution in [0.2, 0.25) is 5.02 Å². The van der Waals surface area contributed by atoms with E-state index in [2.05, 4.69) is 9.88 Å². The predicted octanol–water partition coefficient (Wildman–Crippen LogP) is 2.36. The van der Waals surface area contributed by atoms with Crippen LogP contribution >= 0.6 is 11.6 Å². The van der Waals surface area contributed by atoms with E-state index in [1.54, 1.807) is 17.0 Å². The molecule has 0 saturated carbocycles. The van der Waals surface area contributed by atoms with Gasteiger partial charge in [-0.2, -0.15) is 4.98 Å². The van der Waals surface area contributed by atoms with Crippen LogP contribution < -0.4 is 4.90 Å². The Morgan fingerprint density at radius 3 is 2.82 bits per heavy atom. The van der Waals surface area contributed by atoms with Crippen molar-refractivity contribution in [2.75, 3.05) is 44.2 Å². The van der Waals surface area contributed by atoms with Crippen molar-refractivity contribution in [3.05, 3.63) is 23.2 Å². The van der Waals surface area contributed by atoms with E-state index in [1.807, 2.05) is 11.0 Å². The molecule has 1 unspecified atom stereocenters. The van der Waals surface area contributed by atoms with Gasteiger partial charge in [0.15, 0.2) is 5.58 Å². The Bertz CT molecular complexity index is 924. The highest BCUT2D eigenvalue weighted by Crippen LogP contribution is 2.29. The van der Waals surface area contributed by atoms with E-state index >= 15 is 0 Å². The average Bonchev–Trinajstić information content (AvgIpc) is 3.30. The number of hydrogen-bond donors (Lipinski definition) is 0. The van der Waals surface area contributed by atoms with Gasteiger partial charge in [0, 0.05) is 49.7 Å². The van der Waals surface area contributed by atoms with Gasteiger partial charge in [-0.1, -0.05) is 11.6 Å². The van der Waals surface area contributed by atoms with Crippen LogP contribution in [0.4, 0.5) is 10.8 Å². The average molecular weight is 405 g/mol. The third-order valence-corrected chi connectivity index (χ3v) is 6.12. The first-order valence-corrected chi connectivity index (χ1v) is 9.99. The summed E-state index contributed by atoms with van der Waals surface area (Å²) < 4.78 is 10.9. The molecule has 1 aromatic heterocycles. The maximum Gasteiger partial charge on any atom is 0.410 e. The fourth-order valence-electron chi connectivity index (χ4n) is 4.29. The summed E-state index contributed by atoms with van der Waals surface area (Å²) in [4.78, 5) is 34.8. The molecule has 1 atom stereocenters. The van der Waals surface area contributed by atoms with Crippen molar-refractivity contribution < 1.29 is 18.7 Å². The maximum absolute atomic E-state index is 13.0. The molecule has 28 heavy (non-hydrogen) atoms. The highest BCUT2D eigenvalue weighted by molar-refractivity contribution is 6.31. The van der Waals surface area contributed by atoms with Gasteiger partial charge in [-0.3, -0.25) is 9.69 Å². The molecule has 0 radical (unpaired) electrons. The summed E-state index contributed by atoms with van der Waals surface area (Å²) in [6.07, 6.45) is 1.27. The van der Waals surface area contributed by atoms with Crippen molar-refractivity contribution in [3.63, 3.8) is 0 Å². The molecule has 3 saturated heterocycles. The van der Waals surface area contributed by atoms with Crippen LogP contribution in [0.15, 0.2) is 22.6 Å². The van der Waals surface area contributed by atoms with E-state index in [9.17, 15) is 9.59 Å². The molecule has 148 valence electrons. The van der Waals surface area contributed by atoms with Crippen molar-refractivity contribution >= 4 is 40.7 Å². The number of benzene rings is 1. The normalized spacial score (nSPS) is 23.2. The summed E-state index contributed by atoms with van der Waals surface area (Å²) >= 11 is 6.01. The zero-order valence-corrected chi connectivity index (χ0v) is 16.1. The zero-order valence-electron chi connectivity index (χ0n) is 15.3. The third-order valence-electron chi connectivity index (χ3n) is 5.88. The van der Waals surface area contributed by atoms with Crippen molar-refractivity contribution in [1.29, 1.82) is 0 Å². The van der Waals surface area contributed by atoms with Crippen molar-refractivity contribution in [3.8, 4) is 0 Å². The monoisotopic (exact) mass is 404 g/mol. The topological polar surface area (TPSA) is 79.1 Å². The summed E-state index contributed by atoms with van der Waals surface area (Å²) in [6.45, 7) is 3.53. The number of nitrogens with zero attached hydrogens (tertiary/aromatic N) is 4. The van der Waals surface area contributed by atoms with Gasteiger partial charge in [-0.25, -0.2) is 4.79 Å². The van der Waals surface area contributed by atoms with Gasteiger partial charge in [0.25, 0.3) is 6.01 Å². The number of piperazine rings is 1. The molecule has 8 nitrogen and oxygen atoms in total. The molecule has 0 N–H and O–H groups in total. The van der Waals surface area contributed by atoms with Crippen LogP contribution in [0, 0.1) is 5.92 Å². The highest BCUT2D eigenvalue weighted by atomic mass is 35.5. The lowest BCUT2D eigenvalue weighted by molar-refractivity contribution is -0.138.